The monoisotopic (exact) mass is 501 g/mol. The van der Waals surface area contributed by atoms with Crippen LogP contribution in [0.3, 0.4) is 0 Å². The lowest BCUT2D eigenvalue weighted by Gasteiger charge is -2.41. The summed E-state index contributed by atoms with van der Waals surface area (Å²) in [7, 11) is 1.40. The van der Waals surface area contributed by atoms with Gasteiger partial charge in [0.15, 0.2) is 0 Å². The standard InChI is InChI=1S/C32H39NO4/c1-3-4-5-6-7-8-9-10-11-14-19-33-30(34)27-23-17-18-24(28(27)31(33)35)26-25(23)20-21-15-12-13-16-22(21)29(26)32(36)37-2/h12-13,15-18,20,23-24,27-28H,3-11,14,19H2,1-2H3/t23-,24+,27-,28+/m1/s1. The molecule has 3 aliphatic carbocycles. The summed E-state index contributed by atoms with van der Waals surface area (Å²) in [5, 5.41) is 1.79. The molecule has 37 heavy (non-hydrogen) atoms. The molecule has 0 spiro atoms. The zero-order valence-electron chi connectivity index (χ0n) is 22.2. The number of carbonyl (C=O) groups is 3. The van der Waals surface area contributed by atoms with Crippen molar-refractivity contribution in [1.29, 1.82) is 0 Å². The molecule has 0 aromatic heterocycles. The SMILES string of the molecule is CCCCCCCCCCCCN1C(=O)[C@@H]2[C@H](C1=O)[C@@H]1C=C[C@H]2c2c1cc1ccccc1c2C(=O)OC. The highest BCUT2D eigenvalue weighted by Gasteiger charge is 2.58. The van der Waals surface area contributed by atoms with Crippen LogP contribution in [0.15, 0.2) is 42.5 Å². The fourth-order valence-electron chi connectivity index (χ4n) is 6.90. The van der Waals surface area contributed by atoms with E-state index in [-0.39, 0.29) is 35.5 Å². The number of ether oxygens (including phenoxy) is 1. The van der Waals surface area contributed by atoms with Gasteiger partial charge in [0.1, 0.15) is 0 Å². The summed E-state index contributed by atoms with van der Waals surface area (Å²) >= 11 is 0. The van der Waals surface area contributed by atoms with Crippen molar-refractivity contribution in [3.05, 3.63) is 59.2 Å². The maximum Gasteiger partial charge on any atom is 0.338 e. The number of esters is 1. The van der Waals surface area contributed by atoms with Crippen LogP contribution in [-0.4, -0.2) is 36.3 Å². The Morgan fingerprint density at radius 3 is 2.11 bits per heavy atom. The summed E-state index contributed by atoms with van der Waals surface area (Å²) < 4.78 is 5.19. The maximum absolute atomic E-state index is 13.6. The molecule has 5 heteroatoms. The normalized spacial score (nSPS) is 23.6. The smallest absolute Gasteiger partial charge is 0.338 e. The number of benzene rings is 2. The van der Waals surface area contributed by atoms with Crippen molar-refractivity contribution in [2.75, 3.05) is 13.7 Å². The van der Waals surface area contributed by atoms with Crippen LogP contribution in [0.2, 0.25) is 0 Å². The van der Waals surface area contributed by atoms with Crippen molar-refractivity contribution in [3.8, 4) is 0 Å². The number of unbranched alkanes of at least 4 members (excludes halogenated alkanes) is 9. The fourth-order valence-corrected chi connectivity index (χ4v) is 6.90. The van der Waals surface area contributed by atoms with E-state index in [9.17, 15) is 14.4 Å². The van der Waals surface area contributed by atoms with Gasteiger partial charge in [-0.25, -0.2) is 4.79 Å². The Kier molecular flexibility index (Phi) is 7.78. The van der Waals surface area contributed by atoms with Crippen molar-refractivity contribution < 1.29 is 19.1 Å². The van der Waals surface area contributed by atoms with E-state index in [0.29, 0.717) is 12.1 Å². The van der Waals surface area contributed by atoms with Crippen molar-refractivity contribution in [3.63, 3.8) is 0 Å². The second-order valence-electron chi connectivity index (χ2n) is 11.0. The van der Waals surface area contributed by atoms with Gasteiger partial charge < -0.3 is 4.74 Å². The first kappa shape index (κ1) is 25.7. The van der Waals surface area contributed by atoms with E-state index in [2.05, 4.69) is 19.1 Å². The van der Waals surface area contributed by atoms with Gasteiger partial charge in [0, 0.05) is 18.4 Å². The molecule has 1 aliphatic heterocycles. The van der Waals surface area contributed by atoms with Gasteiger partial charge in [0.05, 0.1) is 24.5 Å². The molecule has 2 bridgehead atoms. The lowest BCUT2D eigenvalue weighted by atomic mass is 9.59. The number of methoxy groups -OCH3 is 1. The van der Waals surface area contributed by atoms with Gasteiger partial charge >= 0.3 is 5.97 Å². The Balaban J connectivity index is 1.29. The molecule has 0 unspecified atom stereocenters. The first-order chi connectivity index (χ1) is 18.1. The van der Waals surface area contributed by atoms with Gasteiger partial charge in [-0.15, -0.1) is 0 Å². The van der Waals surface area contributed by atoms with E-state index in [1.165, 1.54) is 57.0 Å². The van der Waals surface area contributed by atoms with Crippen LogP contribution in [0.25, 0.3) is 10.8 Å². The van der Waals surface area contributed by atoms with Crippen LogP contribution in [-0.2, 0) is 14.3 Å². The minimum absolute atomic E-state index is 0.0382. The van der Waals surface area contributed by atoms with E-state index in [1.54, 1.807) is 0 Å². The summed E-state index contributed by atoms with van der Waals surface area (Å²) in [6.45, 7) is 2.75. The Hall–Kier alpha value is -2.95. The summed E-state index contributed by atoms with van der Waals surface area (Å²) in [5.41, 5.74) is 2.41. The van der Waals surface area contributed by atoms with Gasteiger partial charge in [-0.1, -0.05) is 107 Å². The van der Waals surface area contributed by atoms with Crippen LogP contribution in [0.1, 0.15) is 104 Å². The van der Waals surface area contributed by atoms with Gasteiger partial charge in [0.25, 0.3) is 0 Å². The highest BCUT2D eigenvalue weighted by atomic mass is 16.5. The topological polar surface area (TPSA) is 63.7 Å². The first-order valence-corrected chi connectivity index (χ1v) is 14.3. The largest absolute Gasteiger partial charge is 0.465 e. The molecule has 2 aromatic rings. The summed E-state index contributed by atoms with van der Waals surface area (Å²) in [5.74, 6) is -1.76. The fraction of sp³-hybridized carbons (Fsp3) is 0.531. The Morgan fingerprint density at radius 1 is 0.838 bits per heavy atom. The lowest BCUT2D eigenvalue weighted by molar-refractivity contribution is -0.140. The molecule has 0 N–H and O–H groups in total. The number of fused-ring (bicyclic) bond motifs is 1. The number of rotatable bonds is 12. The minimum Gasteiger partial charge on any atom is -0.465 e. The lowest BCUT2D eigenvalue weighted by Crippen LogP contribution is -2.38. The number of carbonyl (C=O) groups excluding carboxylic acids is 3. The van der Waals surface area contributed by atoms with E-state index in [0.717, 1.165) is 41.2 Å². The molecule has 1 saturated heterocycles. The quantitative estimate of drug-likeness (QED) is 0.137. The third-order valence-corrected chi connectivity index (χ3v) is 8.73. The van der Waals surface area contributed by atoms with E-state index in [1.807, 2.05) is 30.3 Å². The predicted octanol–water partition coefficient (Wildman–Crippen LogP) is 6.90. The maximum atomic E-state index is 13.6. The van der Waals surface area contributed by atoms with Gasteiger partial charge in [-0.2, -0.15) is 0 Å². The number of hydrogen-bond acceptors (Lipinski definition) is 4. The molecule has 2 aromatic carbocycles. The van der Waals surface area contributed by atoms with Crippen LogP contribution < -0.4 is 0 Å². The molecule has 0 saturated carbocycles. The van der Waals surface area contributed by atoms with Gasteiger partial charge in [-0.3, -0.25) is 14.5 Å². The second kappa shape index (κ2) is 11.2. The third-order valence-electron chi connectivity index (χ3n) is 8.73. The van der Waals surface area contributed by atoms with Crippen LogP contribution in [0, 0.1) is 11.8 Å². The molecule has 4 atom stereocenters. The van der Waals surface area contributed by atoms with Gasteiger partial charge in [0.2, 0.25) is 11.8 Å². The molecule has 5 nitrogen and oxygen atoms in total. The number of imide groups is 1. The zero-order valence-corrected chi connectivity index (χ0v) is 22.2. The number of amides is 2. The molecular weight excluding hydrogens is 462 g/mol. The highest BCUT2D eigenvalue weighted by molar-refractivity contribution is 6.10. The molecule has 196 valence electrons. The van der Waals surface area contributed by atoms with Crippen molar-refractivity contribution in [1.82, 2.24) is 4.90 Å². The average Bonchev–Trinajstić information content (AvgIpc) is 3.18. The van der Waals surface area contributed by atoms with E-state index >= 15 is 0 Å². The number of likely N-dealkylation sites (tertiary alicyclic amines) is 1. The predicted molar refractivity (Wildman–Crippen MR) is 145 cm³/mol. The minimum atomic E-state index is -0.428. The second-order valence-corrected chi connectivity index (χ2v) is 11.0. The molecule has 4 aliphatic rings. The number of hydrogen-bond donors (Lipinski definition) is 0. The third kappa shape index (κ3) is 4.62. The molecular formula is C32H39NO4. The molecule has 0 radical (unpaired) electrons. The molecule has 1 fully saturated rings. The average molecular weight is 502 g/mol. The van der Waals surface area contributed by atoms with Crippen molar-refractivity contribution in [2.24, 2.45) is 11.8 Å². The highest BCUT2D eigenvalue weighted by Crippen LogP contribution is 2.57. The molecule has 1 heterocycles. The Bertz CT molecular complexity index is 1210. The molecule has 2 amide bonds. The van der Waals surface area contributed by atoms with Crippen LogP contribution in [0.4, 0.5) is 0 Å². The van der Waals surface area contributed by atoms with Crippen LogP contribution in [0.5, 0.6) is 0 Å². The Labute approximate surface area is 220 Å². The summed E-state index contributed by atoms with van der Waals surface area (Å²) in [4.78, 5) is 41.7. The Morgan fingerprint density at radius 2 is 1.43 bits per heavy atom. The van der Waals surface area contributed by atoms with Crippen molar-refractivity contribution in [2.45, 2.75) is 83.0 Å². The van der Waals surface area contributed by atoms with Crippen LogP contribution >= 0.6 is 0 Å². The summed E-state index contributed by atoms with van der Waals surface area (Å²) in [6, 6.07) is 9.90. The van der Waals surface area contributed by atoms with Gasteiger partial charge in [-0.05, 0) is 28.3 Å². The summed E-state index contributed by atoms with van der Waals surface area (Å²) in [6.07, 6.45) is 16.3. The number of nitrogens with zero attached hydrogens (tertiary/aromatic N) is 1. The van der Waals surface area contributed by atoms with E-state index in [4.69, 9.17) is 4.74 Å². The van der Waals surface area contributed by atoms with Crippen molar-refractivity contribution >= 4 is 28.6 Å². The zero-order chi connectivity index (χ0) is 25.9. The number of allylic oxidation sites excluding steroid dienone is 2. The van der Waals surface area contributed by atoms with E-state index < -0.39 is 5.92 Å². The first-order valence-electron chi connectivity index (χ1n) is 14.3. The molecule has 6 rings (SSSR count).